The van der Waals surface area contributed by atoms with Gasteiger partial charge < -0.3 is 10.0 Å². The molecule has 4 aliphatic carbocycles. The first-order chi connectivity index (χ1) is 19.0. The van der Waals surface area contributed by atoms with Gasteiger partial charge in [0, 0.05) is 49.9 Å². The number of carbonyl (C=O) groups is 2. The molecule has 4 nitrogen and oxygen atoms in total. The highest BCUT2D eigenvalue weighted by Gasteiger charge is 2.57. The van der Waals surface area contributed by atoms with Crippen LogP contribution in [-0.2, 0) is 9.59 Å². The maximum absolute atomic E-state index is 13.6. The molecule has 206 valence electrons. The molecule has 39 heavy (non-hydrogen) atoms. The third-order valence-corrected chi connectivity index (χ3v) is 10.8. The number of anilines is 1. The molecule has 5 aliphatic rings. The number of nitrogens with zero attached hydrogens (tertiary/aromatic N) is 1. The van der Waals surface area contributed by atoms with Crippen LogP contribution >= 0.6 is 0 Å². The molecular formula is C35H43NO3. The van der Waals surface area contributed by atoms with Gasteiger partial charge in [0.05, 0.1) is 0 Å². The van der Waals surface area contributed by atoms with Gasteiger partial charge in [-0.25, -0.2) is 0 Å². The average Bonchev–Trinajstić information content (AvgIpc) is 3.32. The number of fused-ring (bicyclic) bond motifs is 4. The van der Waals surface area contributed by atoms with Crippen molar-refractivity contribution in [3.8, 4) is 11.8 Å². The minimum absolute atomic E-state index is 0.0157. The van der Waals surface area contributed by atoms with E-state index in [0.717, 1.165) is 51.6 Å². The molecule has 0 amide bonds. The van der Waals surface area contributed by atoms with Crippen LogP contribution in [0.15, 0.2) is 47.1 Å². The minimum atomic E-state index is -0.142. The maximum atomic E-state index is 13.6. The Morgan fingerprint density at radius 1 is 1.03 bits per heavy atom. The van der Waals surface area contributed by atoms with Crippen LogP contribution in [0.4, 0.5) is 5.69 Å². The number of aliphatic hydroxyl groups excluding tert-OH is 1. The van der Waals surface area contributed by atoms with Crippen LogP contribution in [0.3, 0.4) is 0 Å². The molecule has 5 atom stereocenters. The number of rotatable bonds is 5. The highest BCUT2D eigenvalue weighted by atomic mass is 16.2. The standard InChI is InChI=1S/C35H43NO3/c1-35-23-30(24-9-12-26(13-10-24)36-19-5-3-6-20-36)34-28-16-14-27(38)22-25(28)11-15-29(34)31(35)17-18-32(35)33(39)8-4-2-7-21-37/h9-10,12-13,22,29-32,37H,3-6,8,11,14-21,23H2,1H3/t29-,30+,31-,32+,35-/m0/s1. The molecule has 3 fully saturated rings. The van der Waals surface area contributed by atoms with Crippen molar-refractivity contribution in [3.63, 3.8) is 0 Å². The van der Waals surface area contributed by atoms with E-state index in [1.165, 1.54) is 41.7 Å². The Kier molecular flexibility index (Phi) is 7.56. The van der Waals surface area contributed by atoms with Crippen molar-refractivity contribution in [3.05, 3.63) is 52.6 Å². The van der Waals surface area contributed by atoms with Crippen molar-refractivity contribution in [2.24, 2.45) is 23.2 Å². The summed E-state index contributed by atoms with van der Waals surface area (Å²) in [6, 6.07) is 9.39. The normalized spacial score (nSPS) is 32.0. The van der Waals surface area contributed by atoms with Crippen LogP contribution in [0, 0.1) is 35.0 Å². The molecule has 0 unspecified atom stereocenters. The first kappa shape index (κ1) is 26.6. The highest BCUT2D eigenvalue weighted by Crippen LogP contribution is 2.65. The Labute approximate surface area is 233 Å². The van der Waals surface area contributed by atoms with Gasteiger partial charge in [-0.3, -0.25) is 9.59 Å². The number of carbonyl (C=O) groups excluding carboxylic acids is 2. The number of ketones is 2. The van der Waals surface area contributed by atoms with Crippen LogP contribution in [0.25, 0.3) is 0 Å². The van der Waals surface area contributed by atoms with E-state index < -0.39 is 0 Å². The van der Waals surface area contributed by atoms with Crippen LogP contribution in [0.1, 0.15) is 95.5 Å². The second-order valence-corrected chi connectivity index (χ2v) is 12.8. The van der Waals surface area contributed by atoms with Gasteiger partial charge in [0.1, 0.15) is 12.4 Å². The fraction of sp³-hybridized carbons (Fsp3) is 0.600. The van der Waals surface area contributed by atoms with E-state index in [2.05, 4.69) is 47.9 Å². The van der Waals surface area contributed by atoms with Crippen LogP contribution in [0.5, 0.6) is 0 Å². The van der Waals surface area contributed by atoms with Gasteiger partial charge in [0.15, 0.2) is 5.78 Å². The third kappa shape index (κ3) is 4.93. The Bertz CT molecular complexity index is 1240. The molecule has 1 aromatic carbocycles. The molecule has 1 heterocycles. The monoisotopic (exact) mass is 525 g/mol. The predicted octanol–water partition coefficient (Wildman–Crippen LogP) is 6.54. The largest absolute Gasteiger partial charge is 0.384 e. The summed E-state index contributed by atoms with van der Waals surface area (Å²) in [4.78, 5) is 28.4. The van der Waals surface area contributed by atoms with E-state index in [-0.39, 0.29) is 23.7 Å². The van der Waals surface area contributed by atoms with Crippen molar-refractivity contribution in [1.29, 1.82) is 0 Å². The quantitative estimate of drug-likeness (QED) is 0.444. The summed E-state index contributed by atoms with van der Waals surface area (Å²) in [5.41, 5.74) is 7.08. The molecule has 0 aromatic heterocycles. The summed E-state index contributed by atoms with van der Waals surface area (Å²) < 4.78 is 0. The second kappa shape index (κ2) is 11.1. The molecule has 0 radical (unpaired) electrons. The van der Waals surface area contributed by atoms with E-state index >= 15 is 0 Å². The van der Waals surface area contributed by atoms with Gasteiger partial charge >= 0.3 is 0 Å². The van der Waals surface area contributed by atoms with E-state index in [1.54, 1.807) is 5.57 Å². The van der Waals surface area contributed by atoms with Gasteiger partial charge in [-0.1, -0.05) is 30.6 Å². The molecule has 6 rings (SSSR count). The molecule has 0 spiro atoms. The summed E-state index contributed by atoms with van der Waals surface area (Å²) in [5, 5.41) is 8.99. The lowest BCUT2D eigenvalue weighted by Crippen LogP contribution is -2.45. The number of piperidine rings is 1. The highest BCUT2D eigenvalue weighted by molar-refractivity contribution is 5.93. The SMILES string of the molecule is C[C@]12C[C@H](c3ccc(N4CCCCC4)cc3)C3=C4CCC(=O)C=C4CC[C@H]3[C@@H]1CC[C@@H]2C(=O)CCC#CCO. The van der Waals surface area contributed by atoms with Gasteiger partial charge in [-0.05, 0) is 110 Å². The number of hydrogen-bond donors (Lipinski definition) is 1. The van der Waals surface area contributed by atoms with Crippen LogP contribution in [-0.4, -0.2) is 36.4 Å². The van der Waals surface area contributed by atoms with E-state index in [9.17, 15) is 9.59 Å². The van der Waals surface area contributed by atoms with Crippen molar-refractivity contribution in [2.75, 3.05) is 24.6 Å². The molecule has 1 N–H and O–H groups in total. The Morgan fingerprint density at radius 2 is 1.82 bits per heavy atom. The minimum Gasteiger partial charge on any atom is -0.384 e. The van der Waals surface area contributed by atoms with E-state index in [0.29, 0.717) is 42.8 Å². The smallest absolute Gasteiger partial charge is 0.156 e. The van der Waals surface area contributed by atoms with Gasteiger partial charge in [-0.15, -0.1) is 5.92 Å². The topological polar surface area (TPSA) is 57.6 Å². The molecule has 1 aromatic rings. The molecule has 2 saturated carbocycles. The first-order valence-corrected chi connectivity index (χ1v) is 15.4. The van der Waals surface area contributed by atoms with Crippen molar-refractivity contribution in [1.82, 2.24) is 0 Å². The second-order valence-electron chi connectivity index (χ2n) is 12.8. The van der Waals surface area contributed by atoms with E-state index in [1.807, 2.05) is 6.08 Å². The summed E-state index contributed by atoms with van der Waals surface area (Å²) in [5.74, 6) is 7.73. The van der Waals surface area contributed by atoms with Gasteiger partial charge in [0.2, 0.25) is 0 Å². The first-order valence-electron chi connectivity index (χ1n) is 15.4. The maximum Gasteiger partial charge on any atom is 0.156 e. The zero-order chi connectivity index (χ0) is 27.0. The zero-order valence-corrected chi connectivity index (χ0v) is 23.5. The number of hydrogen-bond acceptors (Lipinski definition) is 4. The van der Waals surface area contributed by atoms with Gasteiger partial charge in [0.25, 0.3) is 0 Å². The average molecular weight is 526 g/mol. The fourth-order valence-corrected chi connectivity index (χ4v) is 9.06. The third-order valence-electron chi connectivity index (χ3n) is 10.8. The van der Waals surface area contributed by atoms with Crippen molar-refractivity contribution < 1.29 is 14.7 Å². The predicted molar refractivity (Wildman–Crippen MR) is 155 cm³/mol. The lowest BCUT2D eigenvalue weighted by atomic mass is 9.51. The van der Waals surface area contributed by atoms with Crippen LogP contribution in [0.2, 0.25) is 0 Å². The molecule has 0 bridgehead atoms. The van der Waals surface area contributed by atoms with E-state index in [4.69, 9.17) is 5.11 Å². The summed E-state index contributed by atoms with van der Waals surface area (Å²) in [6.45, 7) is 4.57. The summed E-state index contributed by atoms with van der Waals surface area (Å²) in [6.07, 6.45) is 13.6. The Balaban J connectivity index is 1.36. The van der Waals surface area contributed by atoms with Crippen molar-refractivity contribution in [2.45, 2.75) is 89.9 Å². The Hall–Kier alpha value is -2.64. The number of benzene rings is 1. The van der Waals surface area contributed by atoms with Crippen molar-refractivity contribution >= 4 is 17.3 Å². The lowest BCUT2D eigenvalue weighted by molar-refractivity contribution is -0.127. The summed E-state index contributed by atoms with van der Waals surface area (Å²) in [7, 11) is 0. The molecular weight excluding hydrogens is 482 g/mol. The zero-order valence-electron chi connectivity index (χ0n) is 23.5. The molecule has 1 saturated heterocycles. The Morgan fingerprint density at radius 3 is 2.59 bits per heavy atom. The lowest BCUT2D eigenvalue weighted by Gasteiger charge is -2.52. The number of allylic oxidation sites excluding steroid dienone is 4. The number of aliphatic hydroxyl groups is 1. The number of Topliss-reactive ketones (excluding diaryl/α,β-unsaturated/α-hetero) is 1. The fourth-order valence-electron chi connectivity index (χ4n) is 9.06. The van der Waals surface area contributed by atoms with Crippen LogP contribution < -0.4 is 4.90 Å². The molecule has 4 heteroatoms. The summed E-state index contributed by atoms with van der Waals surface area (Å²) >= 11 is 0. The van der Waals surface area contributed by atoms with Gasteiger partial charge in [-0.2, -0.15) is 0 Å². The molecule has 1 aliphatic heterocycles.